The van der Waals surface area contributed by atoms with E-state index in [9.17, 15) is 9.18 Å². The Labute approximate surface area is 156 Å². The highest BCUT2D eigenvalue weighted by Gasteiger charge is 2.19. The Balaban J connectivity index is 1.51. The molecule has 25 heavy (non-hydrogen) atoms. The number of benzene rings is 2. The summed E-state index contributed by atoms with van der Waals surface area (Å²) in [5, 5.41) is 3.60. The van der Waals surface area contributed by atoms with E-state index in [2.05, 4.69) is 10.2 Å². The number of rotatable bonds is 4. The summed E-state index contributed by atoms with van der Waals surface area (Å²) in [7, 11) is 0. The van der Waals surface area contributed by atoms with Crippen molar-refractivity contribution in [1.29, 1.82) is 0 Å². The van der Waals surface area contributed by atoms with Crippen LogP contribution in [0.5, 0.6) is 0 Å². The smallest absolute Gasteiger partial charge is 0.238 e. The van der Waals surface area contributed by atoms with Gasteiger partial charge in [-0.1, -0.05) is 29.3 Å². The molecule has 2 aromatic rings. The minimum Gasteiger partial charge on any atom is -0.369 e. The van der Waals surface area contributed by atoms with E-state index >= 15 is 0 Å². The molecule has 0 bridgehead atoms. The minimum atomic E-state index is -0.536. The third-order valence-electron chi connectivity index (χ3n) is 4.12. The largest absolute Gasteiger partial charge is 0.369 e. The molecule has 1 aliphatic rings. The fourth-order valence-corrected chi connectivity index (χ4v) is 3.16. The first-order valence-electron chi connectivity index (χ1n) is 7.99. The molecule has 2 aromatic carbocycles. The van der Waals surface area contributed by atoms with Crippen LogP contribution in [0.25, 0.3) is 0 Å². The summed E-state index contributed by atoms with van der Waals surface area (Å²) in [6, 6.07) is 11.9. The van der Waals surface area contributed by atoms with Crippen LogP contribution in [0.15, 0.2) is 42.5 Å². The standard InChI is InChI=1S/C18H18Cl2FN3O/c19-13-2-1-3-15(10-13)24-8-6-23(7-9-24)12-18(25)22-17-5-4-14(20)11-16(17)21/h1-5,10-11H,6-9,12H2,(H,22,25). The van der Waals surface area contributed by atoms with Crippen LogP contribution in [0.4, 0.5) is 15.8 Å². The van der Waals surface area contributed by atoms with Gasteiger partial charge in [0.25, 0.3) is 0 Å². The van der Waals surface area contributed by atoms with Crippen molar-refractivity contribution in [3.8, 4) is 0 Å². The van der Waals surface area contributed by atoms with Crippen molar-refractivity contribution in [2.45, 2.75) is 0 Å². The van der Waals surface area contributed by atoms with Crippen molar-refractivity contribution in [1.82, 2.24) is 4.90 Å². The van der Waals surface area contributed by atoms with Gasteiger partial charge in [0.2, 0.25) is 5.91 Å². The third kappa shape index (κ3) is 4.84. The molecule has 1 amide bonds. The topological polar surface area (TPSA) is 35.6 Å². The molecular formula is C18H18Cl2FN3O. The summed E-state index contributed by atoms with van der Waals surface area (Å²) in [5.41, 5.74) is 1.23. The average molecular weight is 382 g/mol. The number of anilines is 2. The average Bonchev–Trinajstić information content (AvgIpc) is 2.58. The molecule has 1 N–H and O–H groups in total. The van der Waals surface area contributed by atoms with Gasteiger partial charge in [-0.2, -0.15) is 0 Å². The zero-order valence-corrected chi connectivity index (χ0v) is 15.0. The highest BCUT2D eigenvalue weighted by Crippen LogP contribution is 2.21. The van der Waals surface area contributed by atoms with Crippen LogP contribution >= 0.6 is 23.2 Å². The van der Waals surface area contributed by atoms with Crippen LogP contribution in [-0.2, 0) is 4.79 Å². The molecule has 1 fully saturated rings. The van der Waals surface area contributed by atoms with Crippen molar-refractivity contribution in [2.75, 3.05) is 42.9 Å². The van der Waals surface area contributed by atoms with Gasteiger partial charge in [0, 0.05) is 41.9 Å². The SMILES string of the molecule is O=C(CN1CCN(c2cccc(Cl)c2)CC1)Nc1ccc(Cl)cc1F. The van der Waals surface area contributed by atoms with Crippen molar-refractivity contribution >= 4 is 40.5 Å². The first-order valence-corrected chi connectivity index (χ1v) is 8.74. The Bertz CT molecular complexity index is 764. The fraction of sp³-hybridized carbons (Fsp3) is 0.278. The Morgan fingerprint density at radius 3 is 2.44 bits per heavy atom. The van der Waals surface area contributed by atoms with E-state index in [-0.39, 0.29) is 18.1 Å². The number of halogens is 3. The van der Waals surface area contributed by atoms with Gasteiger partial charge in [0.1, 0.15) is 5.82 Å². The summed E-state index contributed by atoms with van der Waals surface area (Å²) in [5.74, 6) is -0.774. The second-order valence-corrected chi connectivity index (χ2v) is 6.79. The Morgan fingerprint density at radius 2 is 1.76 bits per heavy atom. The molecule has 0 radical (unpaired) electrons. The molecule has 0 unspecified atom stereocenters. The number of hydrogen-bond donors (Lipinski definition) is 1. The van der Waals surface area contributed by atoms with Gasteiger partial charge in [-0.05, 0) is 36.4 Å². The Morgan fingerprint density at radius 1 is 1.04 bits per heavy atom. The van der Waals surface area contributed by atoms with Crippen molar-refractivity contribution < 1.29 is 9.18 Å². The van der Waals surface area contributed by atoms with E-state index in [0.717, 1.165) is 31.9 Å². The zero-order valence-electron chi connectivity index (χ0n) is 13.5. The molecule has 0 aliphatic carbocycles. The van der Waals surface area contributed by atoms with Crippen molar-refractivity contribution in [2.24, 2.45) is 0 Å². The first-order chi connectivity index (χ1) is 12.0. The minimum absolute atomic E-state index is 0.145. The van der Waals surface area contributed by atoms with Crippen LogP contribution in [0.1, 0.15) is 0 Å². The lowest BCUT2D eigenvalue weighted by Gasteiger charge is -2.35. The maximum absolute atomic E-state index is 13.7. The van der Waals surface area contributed by atoms with Crippen LogP contribution in [0.3, 0.4) is 0 Å². The summed E-state index contributed by atoms with van der Waals surface area (Å²) in [6.45, 7) is 3.35. The highest BCUT2D eigenvalue weighted by atomic mass is 35.5. The quantitative estimate of drug-likeness (QED) is 0.872. The maximum Gasteiger partial charge on any atom is 0.238 e. The van der Waals surface area contributed by atoms with Crippen LogP contribution < -0.4 is 10.2 Å². The van der Waals surface area contributed by atoms with Gasteiger partial charge in [0.05, 0.1) is 12.2 Å². The monoisotopic (exact) mass is 381 g/mol. The van der Waals surface area contributed by atoms with E-state index in [4.69, 9.17) is 23.2 Å². The maximum atomic E-state index is 13.7. The second-order valence-electron chi connectivity index (χ2n) is 5.92. The highest BCUT2D eigenvalue weighted by molar-refractivity contribution is 6.31. The number of carbonyl (C=O) groups is 1. The van der Waals surface area contributed by atoms with E-state index in [1.54, 1.807) is 6.07 Å². The number of amides is 1. The molecule has 1 aliphatic heterocycles. The molecule has 1 saturated heterocycles. The molecule has 0 aromatic heterocycles. The van der Waals surface area contributed by atoms with Gasteiger partial charge in [-0.15, -0.1) is 0 Å². The summed E-state index contributed by atoms with van der Waals surface area (Å²) < 4.78 is 13.7. The van der Waals surface area contributed by atoms with Gasteiger partial charge in [0.15, 0.2) is 0 Å². The number of piperazine rings is 1. The summed E-state index contributed by atoms with van der Waals surface area (Å²) in [6.07, 6.45) is 0. The number of hydrogen-bond acceptors (Lipinski definition) is 3. The molecule has 0 spiro atoms. The van der Waals surface area contributed by atoms with Gasteiger partial charge >= 0.3 is 0 Å². The van der Waals surface area contributed by atoms with Crippen LogP contribution in [0.2, 0.25) is 10.0 Å². The molecule has 7 heteroatoms. The normalized spacial score (nSPS) is 15.2. The van der Waals surface area contributed by atoms with Crippen LogP contribution in [0, 0.1) is 5.82 Å². The zero-order chi connectivity index (χ0) is 17.8. The predicted octanol–water partition coefficient (Wildman–Crippen LogP) is 3.89. The van der Waals surface area contributed by atoms with Crippen LogP contribution in [-0.4, -0.2) is 43.5 Å². The lowest BCUT2D eigenvalue weighted by molar-refractivity contribution is -0.117. The molecule has 3 rings (SSSR count). The number of nitrogens with one attached hydrogen (secondary N) is 1. The van der Waals surface area contributed by atoms with E-state index < -0.39 is 5.82 Å². The van der Waals surface area contributed by atoms with Crippen molar-refractivity contribution in [3.05, 3.63) is 58.3 Å². The summed E-state index contributed by atoms with van der Waals surface area (Å²) >= 11 is 11.7. The molecular weight excluding hydrogens is 364 g/mol. The second kappa shape index (κ2) is 8.04. The molecule has 132 valence electrons. The van der Waals surface area contributed by atoms with E-state index in [1.165, 1.54) is 12.1 Å². The van der Waals surface area contributed by atoms with Crippen molar-refractivity contribution in [3.63, 3.8) is 0 Å². The van der Waals surface area contributed by atoms with E-state index in [0.29, 0.717) is 10.0 Å². The number of carbonyl (C=O) groups excluding carboxylic acids is 1. The lowest BCUT2D eigenvalue weighted by atomic mass is 10.2. The molecule has 0 atom stereocenters. The van der Waals surface area contributed by atoms with Gasteiger partial charge in [-0.25, -0.2) is 4.39 Å². The molecule has 1 heterocycles. The molecule has 4 nitrogen and oxygen atoms in total. The Hall–Kier alpha value is -1.82. The first kappa shape index (κ1) is 18.0. The van der Waals surface area contributed by atoms with Gasteiger partial charge < -0.3 is 10.2 Å². The Kier molecular flexibility index (Phi) is 5.78. The summed E-state index contributed by atoms with van der Waals surface area (Å²) in [4.78, 5) is 16.4. The van der Waals surface area contributed by atoms with E-state index in [1.807, 2.05) is 29.2 Å². The third-order valence-corrected chi connectivity index (χ3v) is 4.59. The number of nitrogens with zero attached hydrogens (tertiary/aromatic N) is 2. The molecule has 0 saturated carbocycles. The van der Waals surface area contributed by atoms with Gasteiger partial charge in [-0.3, -0.25) is 9.69 Å². The lowest BCUT2D eigenvalue weighted by Crippen LogP contribution is -2.48. The fourth-order valence-electron chi connectivity index (χ4n) is 2.82. The predicted molar refractivity (Wildman–Crippen MR) is 100 cm³/mol.